The van der Waals surface area contributed by atoms with Crippen molar-refractivity contribution < 1.29 is 4.92 Å². The summed E-state index contributed by atoms with van der Waals surface area (Å²) in [7, 11) is 1.76. The molecule has 0 atom stereocenters. The van der Waals surface area contributed by atoms with Crippen LogP contribution in [0, 0.1) is 10.1 Å². The second-order valence-corrected chi connectivity index (χ2v) is 5.80. The fraction of sp³-hybridized carbons (Fsp3) is 0.308. The standard InChI is InChI=1S/C13H15BrN4O2/c1-7(2)11-12(16-17(3)13(11)15)8-4-9(14)6-10(5-8)18(19)20/h4-7H,15H2,1-3H3. The summed E-state index contributed by atoms with van der Waals surface area (Å²) in [6, 6.07) is 4.78. The van der Waals surface area contributed by atoms with Gasteiger partial charge in [0.1, 0.15) is 5.82 Å². The molecule has 1 heterocycles. The lowest BCUT2D eigenvalue weighted by Gasteiger charge is -2.07. The van der Waals surface area contributed by atoms with E-state index in [9.17, 15) is 10.1 Å². The van der Waals surface area contributed by atoms with Crippen LogP contribution in [0.5, 0.6) is 0 Å². The van der Waals surface area contributed by atoms with Crippen LogP contribution in [0.4, 0.5) is 11.5 Å². The van der Waals surface area contributed by atoms with Gasteiger partial charge in [-0.25, -0.2) is 0 Å². The van der Waals surface area contributed by atoms with Gasteiger partial charge in [0.25, 0.3) is 5.69 Å². The van der Waals surface area contributed by atoms with Crippen molar-refractivity contribution in [1.82, 2.24) is 9.78 Å². The molecule has 0 fully saturated rings. The van der Waals surface area contributed by atoms with E-state index in [0.29, 0.717) is 21.5 Å². The zero-order valence-corrected chi connectivity index (χ0v) is 13.0. The molecule has 106 valence electrons. The van der Waals surface area contributed by atoms with Gasteiger partial charge in [-0.3, -0.25) is 14.8 Å². The largest absolute Gasteiger partial charge is 0.384 e. The van der Waals surface area contributed by atoms with E-state index in [1.165, 1.54) is 12.1 Å². The highest BCUT2D eigenvalue weighted by molar-refractivity contribution is 9.10. The molecule has 0 unspecified atom stereocenters. The molecule has 20 heavy (non-hydrogen) atoms. The molecule has 1 aromatic heterocycles. The molecular formula is C13H15BrN4O2. The third-order valence-electron chi connectivity index (χ3n) is 3.07. The lowest BCUT2D eigenvalue weighted by Crippen LogP contribution is -2.00. The normalized spacial score (nSPS) is 11.1. The number of rotatable bonds is 3. The van der Waals surface area contributed by atoms with Crippen LogP contribution in [0.15, 0.2) is 22.7 Å². The predicted octanol–water partition coefficient (Wildman–Crippen LogP) is 3.46. The number of benzene rings is 1. The van der Waals surface area contributed by atoms with Crippen LogP contribution in [0.2, 0.25) is 0 Å². The molecule has 0 radical (unpaired) electrons. The Kier molecular flexibility index (Phi) is 3.80. The van der Waals surface area contributed by atoms with Gasteiger partial charge in [-0.1, -0.05) is 29.8 Å². The Labute approximate surface area is 124 Å². The third-order valence-corrected chi connectivity index (χ3v) is 3.53. The summed E-state index contributed by atoms with van der Waals surface area (Å²) in [6.07, 6.45) is 0. The Morgan fingerprint density at radius 3 is 2.60 bits per heavy atom. The number of aromatic nitrogens is 2. The van der Waals surface area contributed by atoms with Crippen molar-refractivity contribution in [2.24, 2.45) is 7.05 Å². The minimum absolute atomic E-state index is 0.0216. The summed E-state index contributed by atoms with van der Waals surface area (Å²) >= 11 is 3.30. The topological polar surface area (TPSA) is 87.0 Å². The maximum absolute atomic E-state index is 11.0. The lowest BCUT2D eigenvalue weighted by molar-refractivity contribution is -0.384. The molecule has 7 heteroatoms. The van der Waals surface area contributed by atoms with E-state index in [4.69, 9.17) is 5.73 Å². The Morgan fingerprint density at radius 2 is 2.05 bits per heavy atom. The van der Waals surface area contributed by atoms with Crippen LogP contribution in [-0.2, 0) is 7.05 Å². The van der Waals surface area contributed by atoms with Crippen LogP contribution in [-0.4, -0.2) is 14.7 Å². The van der Waals surface area contributed by atoms with E-state index < -0.39 is 4.92 Å². The van der Waals surface area contributed by atoms with E-state index in [2.05, 4.69) is 21.0 Å². The molecule has 0 amide bonds. The summed E-state index contributed by atoms with van der Waals surface area (Å²) in [6.45, 7) is 4.03. The van der Waals surface area contributed by atoms with Crippen molar-refractivity contribution in [2.75, 3.05) is 5.73 Å². The van der Waals surface area contributed by atoms with Crippen LogP contribution in [0.3, 0.4) is 0 Å². The lowest BCUT2D eigenvalue weighted by atomic mass is 9.98. The van der Waals surface area contributed by atoms with Crippen molar-refractivity contribution in [3.63, 3.8) is 0 Å². The number of hydrogen-bond acceptors (Lipinski definition) is 4. The van der Waals surface area contributed by atoms with Crippen molar-refractivity contribution in [3.05, 3.63) is 38.3 Å². The number of hydrogen-bond donors (Lipinski definition) is 1. The molecule has 0 saturated carbocycles. The van der Waals surface area contributed by atoms with Gasteiger partial charge < -0.3 is 5.73 Å². The van der Waals surface area contributed by atoms with E-state index in [1.54, 1.807) is 17.8 Å². The number of halogens is 1. The highest BCUT2D eigenvalue weighted by Crippen LogP contribution is 2.35. The number of aryl methyl sites for hydroxylation is 1. The number of non-ortho nitro benzene ring substituents is 1. The van der Waals surface area contributed by atoms with E-state index >= 15 is 0 Å². The molecule has 2 aromatic rings. The fourth-order valence-corrected chi connectivity index (χ4v) is 2.63. The summed E-state index contributed by atoms with van der Waals surface area (Å²) in [5.74, 6) is 0.759. The minimum Gasteiger partial charge on any atom is -0.384 e. The summed E-state index contributed by atoms with van der Waals surface area (Å²) in [5, 5.41) is 15.4. The number of nitro benzene ring substituents is 1. The molecule has 0 aliphatic heterocycles. The Hall–Kier alpha value is -1.89. The molecular weight excluding hydrogens is 324 g/mol. The van der Waals surface area contributed by atoms with E-state index in [0.717, 1.165) is 5.56 Å². The molecule has 2 rings (SSSR count). The quantitative estimate of drug-likeness (QED) is 0.685. The Bertz CT molecular complexity index is 679. The van der Waals surface area contributed by atoms with Gasteiger partial charge in [0.2, 0.25) is 0 Å². The van der Waals surface area contributed by atoms with Gasteiger partial charge in [-0.2, -0.15) is 5.10 Å². The van der Waals surface area contributed by atoms with Crippen LogP contribution in [0.25, 0.3) is 11.3 Å². The molecule has 0 spiro atoms. The fourth-order valence-electron chi connectivity index (χ4n) is 2.15. The summed E-state index contributed by atoms with van der Waals surface area (Å²) in [5.41, 5.74) is 8.32. The predicted molar refractivity (Wildman–Crippen MR) is 81.5 cm³/mol. The number of anilines is 1. The first-order valence-corrected chi connectivity index (χ1v) is 6.88. The second kappa shape index (κ2) is 5.24. The SMILES string of the molecule is CC(C)c1c(-c2cc(Br)cc([N+](=O)[O-])c2)nn(C)c1N. The molecule has 0 saturated heterocycles. The molecule has 0 aliphatic rings. The Morgan fingerprint density at radius 1 is 1.40 bits per heavy atom. The first-order chi connectivity index (χ1) is 9.31. The molecule has 0 bridgehead atoms. The van der Waals surface area contributed by atoms with Gasteiger partial charge in [0, 0.05) is 34.8 Å². The summed E-state index contributed by atoms with van der Waals surface area (Å²) in [4.78, 5) is 10.5. The van der Waals surface area contributed by atoms with Crippen molar-refractivity contribution in [2.45, 2.75) is 19.8 Å². The van der Waals surface area contributed by atoms with Crippen LogP contribution >= 0.6 is 15.9 Å². The first-order valence-electron chi connectivity index (χ1n) is 6.09. The van der Waals surface area contributed by atoms with Gasteiger partial charge in [0.05, 0.1) is 10.6 Å². The van der Waals surface area contributed by atoms with Gasteiger partial charge in [-0.15, -0.1) is 0 Å². The molecule has 2 N–H and O–H groups in total. The number of nitro groups is 1. The van der Waals surface area contributed by atoms with Crippen LogP contribution in [0.1, 0.15) is 25.3 Å². The highest BCUT2D eigenvalue weighted by Gasteiger charge is 2.20. The maximum atomic E-state index is 11.0. The minimum atomic E-state index is -0.421. The first kappa shape index (κ1) is 14.5. The van der Waals surface area contributed by atoms with Gasteiger partial charge >= 0.3 is 0 Å². The monoisotopic (exact) mass is 338 g/mol. The Balaban J connectivity index is 2.68. The van der Waals surface area contributed by atoms with Crippen molar-refractivity contribution in [1.29, 1.82) is 0 Å². The average Bonchev–Trinajstić information content (AvgIpc) is 2.65. The van der Waals surface area contributed by atoms with Crippen molar-refractivity contribution >= 4 is 27.4 Å². The maximum Gasteiger partial charge on any atom is 0.271 e. The van der Waals surface area contributed by atoms with E-state index in [-0.39, 0.29) is 11.6 Å². The second-order valence-electron chi connectivity index (χ2n) is 4.88. The molecule has 6 nitrogen and oxygen atoms in total. The van der Waals surface area contributed by atoms with Crippen LogP contribution < -0.4 is 5.73 Å². The molecule has 0 aliphatic carbocycles. The summed E-state index contributed by atoms with van der Waals surface area (Å²) < 4.78 is 2.23. The third kappa shape index (κ3) is 2.53. The smallest absolute Gasteiger partial charge is 0.271 e. The van der Waals surface area contributed by atoms with Gasteiger partial charge in [0.15, 0.2) is 0 Å². The zero-order valence-electron chi connectivity index (χ0n) is 11.4. The zero-order chi connectivity index (χ0) is 15.0. The number of nitrogen functional groups attached to an aromatic ring is 1. The highest BCUT2D eigenvalue weighted by atomic mass is 79.9. The van der Waals surface area contributed by atoms with Crippen molar-refractivity contribution in [3.8, 4) is 11.3 Å². The average molecular weight is 339 g/mol. The van der Waals surface area contributed by atoms with E-state index in [1.807, 2.05) is 13.8 Å². The number of nitrogens with two attached hydrogens (primary N) is 1. The number of nitrogens with zero attached hydrogens (tertiary/aromatic N) is 3. The van der Waals surface area contributed by atoms with Gasteiger partial charge in [-0.05, 0) is 12.0 Å². The molecule has 1 aromatic carbocycles.